The zero-order valence-electron chi connectivity index (χ0n) is 18.1. The summed E-state index contributed by atoms with van der Waals surface area (Å²) in [4.78, 5) is 23.9. The molecule has 0 heterocycles. The molecule has 0 amide bonds. The quantitative estimate of drug-likeness (QED) is 0.336. The molecule has 168 valence electrons. The van der Waals surface area contributed by atoms with Gasteiger partial charge in [-0.2, -0.15) is 0 Å². The topological polar surface area (TPSA) is 80.3 Å². The number of benzene rings is 2. The number of carbonyl (C=O) groups is 2. The van der Waals surface area contributed by atoms with E-state index in [-0.39, 0.29) is 25.2 Å². The number of hydrogen-bond donors (Lipinski definition) is 0. The van der Waals surface area contributed by atoms with Crippen molar-refractivity contribution < 1.29 is 33.3 Å². The predicted molar refractivity (Wildman–Crippen MR) is 115 cm³/mol. The van der Waals surface area contributed by atoms with Crippen molar-refractivity contribution in [1.82, 2.24) is 0 Å². The van der Waals surface area contributed by atoms with E-state index in [0.29, 0.717) is 50.8 Å². The minimum Gasteiger partial charge on any atom is -0.460 e. The van der Waals surface area contributed by atoms with Crippen LogP contribution in [0.5, 0.6) is 0 Å². The lowest BCUT2D eigenvalue weighted by Gasteiger charge is -2.09. The molecule has 2 rings (SSSR count). The highest BCUT2D eigenvalue weighted by Crippen LogP contribution is 2.09. The van der Waals surface area contributed by atoms with Crippen LogP contribution in [0, 0.1) is 13.8 Å². The Morgan fingerprint density at radius 2 is 0.871 bits per heavy atom. The number of ether oxygens (including phenoxy) is 5. The second-order valence-corrected chi connectivity index (χ2v) is 6.74. The van der Waals surface area contributed by atoms with Crippen molar-refractivity contribution in [1.29, 1.82) is 0 Å². The minimum atomic E-state index is -0.348. The van der Waals surface area contributed by atoms with Gasteiger partial charge in [-0.25, -0.2) is 9.59 Å². The molecule has 0 aromatic heterocycles. The van der Waals surface area contributed by atoms with Gasteiger partial charge in [-0.05, 0) is 37.1 Å². The Morgan fingerprint density at radius 3 is 1.23 bits per heavy atom. The molecule has 0 unspecified atom stereocenters. The van der Waals surface area contributed by atoms with Crippen LogP contribution in [-0.2, 0) is 23.7 Å². The average molecular weight is 430 g/mol. The lowest BCUT2D eigenvalue weighted by atomic mass is 10.1. The second-order valence-electron chi connectivity index (χ2n) is 6.74. The first-order valence-corrected chi connectivity index (χ1v) is 10.3. The number of carbonyl (C=O) groups excluding carboxylic acids is 2. The minimum absolute atomic E-state index is 0.192. The summed E-state index contributed by atoms with van der Waals surface area (Å²) in [5, 5.41) is 0. The SMILES string of the molecule is Cc1ccccc1C(=O)OCCOCCOCCOCCOC(=O)c1ccccc1C. The molecule has 0 saturated heterocycles. The van der Waals surface area contributed by atoms with E-state index in [2.05, 4.69) is 0 Å². The van der Waals surface area contributed by atoms with Gasteiger partial charge in [0.2, 0.25) is 0 Å². The van der Waals surface area contributed by atoms with Crippen molar-refractivity contribution in [3.05, 3.63) is 70.8 Å². The van der Waals surface area contributed by atoms with Crippen LogP contribution < -0.4 is 0 Å². The molecule has 7 nitrogen and oxygen atoms in total. The first-order chi connectivity index (χ1) is 15.1. The third-order valence-corrected chi connectivity index (χ3v) is 4.40. The lowest BCUT2D eigenvalue weighted by Crippen LogP contribution is -2.15. The maximum atomic E-state index is 11.9. The van der Waals surface area contributed by atoms with E-state index in [0.717, 1.165) is 11.1 Å². The Hall–Kier alpha value is -2.74. The average Bonchev–Trinajstić information content (AvgIpc) is 2.77. The largest absolute Gasteiger partial charge is 0.460 e. The molecule has 0 saturated carbocycles. The summed E-state index contributed by atoms with van der Waals surface area (Å²) in [7, 11) is 0. The first kappa shape index (κ1) is 24.5. The van der Waals surface area contributed by atoms with Crippen molar-refractivity contribution in [2.45, 2.75) is 13.8 Å². The maximum absolute atomic E-state index is 11.9. The Kier molecular flexibility index (Phi) is 11.3. The monoisotopic (exact) mass is 430 g/mol. The normalized spacial score (nSPS) is 10.6. The van der Waals surface area contributed by atoms with E-state index in [1.54, 1.807) is 24.3 Å². The molecule has 0 N–H and O–H groups in total. The van der Waals surface area contributed by atoms with Crippen LogP contribution in [0.4, 0.5) is 0 Å². The molecule has 2 aromatic rings. The van der Waals surface area contributed by atoms with Crippen LogP contribution in [0.25, 0.3) is 0 Å². The molecule has 0 bridgehead atoms. The van der Waals surface area contributed by atoms with Crippen LogP contribution in [0.15, 0.2) is 48.5 Å². The van der Waals surface area contributed by atoms with Crippen LogP contribution >= 0.6 is 0 Å². The van der Waals surface area contributed by atoms with E-state index in [1.807, 2.05) is 38.1 Å². The van der Waals surface area contributed by atoms with Crippen molar-refractivity contribution in [2.75, 3.05) is 52.9 Å². The van der Waals surface area contributed by atoms with Crippen LogP contribution in [0.1, 0.15) is 31.8 Å². The number of hydrogen-bond acceptors (Lipinski definition) is 7. The van der Waals surface area contributed by atoms with Crippen LogP contribution in [0.3, 0.4) is 0 Å². The smallest absolute Gasteiger partial charge is 0.338 e. The maximum Gasteiger partial charge on any atom is 0.338 e. The summed E-state index contributed by atoms with van der Waals surface area (Å²) in [5.74, 6) is -0.695. The summed E-state index contributed by atoms with van der Waals surface area (Å²) >= 11 is 0. The van der Waals surface area contributed by atoms with Crippen molar-refractivity contribution in [3.63, 3.8) is 0 Å². The highest BCUT2D eigenvalue weighted by atomic mass is 16.6. The summed E-state index contributed by atoms with van der Waals surface area (Å²) in [5.41, 5.74) is 2.90. The van der Waals surface area contributed by atoms with Gasteiger partial charge in [0, 0.05) is 0 Å². The Morgan fingerprint density at radius 1 is 0.548 bits per heavy atom. The Balaban J connectivity index is 1.38. The van der Waals surface area contributed by atoms with Gasteiger partial charge >= 0.3 is 11.9 Å². The predicted octanol–water partition coefficient (Wildman–Crippen LogP) is 3.37. The fraction of sp³-hybridized carbons (Fsp3) is 0.417. The second kappa shape index (κ2) is 14.3. The zero-order valence-corrected chi connectivity index (χ0v) is 18.1. The fourth-order valence-corrected chi connectivity index (χ4v) is 2.69. The lowest BCUT2D eigenvalue weighted by molar-refractivity contribution is -0.00676. The molecule has 0 aliphatic heterocycles. The highest BCUT2D eigenvalue weighted by Gasteiger charge is 2.10. The summed E-state index contributed by atoms with van der Waals surface area (Å²) < 4.78 is 26.5. The first-order valence-electron chi connectivity index (χ1n) is 10.3. The van der Waals surface area contributed by atoms with Crippen molar-refractivity contribution >= 4 is 11.9 Å². The molecule has 0 fully saturated rings. The third kappa shape index (κ3) is 9.29. The van der Waals surface area contributed by atoms with Crippen LogP contribution in [0.2, 0.25) is 0 Å². The van der Waals surface area contributed by atoms with E-state index in [4.69, 9.17) is 23.7 Å². The van der Waals surface area contributed by atoms with E-state index in [1.165, 1.54) is 0 Å². The fourth-order valence-electron chi connectivity index (χ4n) is 2.69. The molecule has 2 aromatic carbocycles. The van der Waals surface area contributed by atoms with Gasteiger partial charge < -0.3 is 23.7 Å². The highest BCUT2D eigenvalue weighted by molar-refractivity contribution is 5.91. The van der Waals surface area contributed by atoms with Crippen LogP contribution in [-0.4, -0.2) is 64.8 Å². The number of rotatable bonds is 14. The summed E-state index contributed by atoms with van der Waals surface area (Å²) in [6.45, 7) is 6.36. The van der Waals surface area contributed by atoms with E-state index < -0.39 is 0 Å². The van der Waals surface area contributed by atoms with Gasteiger partial charge in [-0.3, -0.25) is 0 Å². The van der Waals surface area contributed by atoms with Gasteiger partial charge in [0.05, 0.1) is 50.8 Å². The summed E-state index contributed by atoms with van der Waals surface area (Å²) in [6.07, 6.45) is 0. The van der Waals surface area contributed by atoms with E-state index >= 15 is 0 Å². The van der Waals surface area contributed by atoms with Gasteiger partial charge in [-0.15, -0.1) is 0 Å². The number of esters is 2. The molecular weight excluding hydrogens is 400 g/mol. The molecule has 31 heavy (non-hydrogen) atoms. The number of aryl methyl sites for hydroxylation is 2. The van der Waals surface area contributed by atoms with Gasteiger partial charge in [-0.1, -0.05) is 36.4 Å². The van der Waals surface area contributed by atoms with Gasteiger partial charge in [0.15, 0.2) is 0 Å². The molecule has 7 heteroatoms. The molecule has 0 atom stereocenters. The Labute approximate surface area is 183 Å². The Bertz CT molecular complexity index is 752. The van der Waals surface area contributed by atoms with Crippen molar-refractivity contribution in [3.8, 4) is 0 Å². The zero-order chi connectivity index (χ0) is 22.3. The van der Waals surface area contributed by atoms with Crippen molar-refractivity contribution in [2.24, 2.45) is 0 Å². The third-order valence-electron chi connectivity index (χ3n) is 4.40. The van der Waals surface area contributed by atoms with Gasteiger partial charge in [0.25, 0.3) is 0 Å². The molecule has 0 aliphatic rings. The standard InChI is InChI=1S/C24H30O7/c1-19-7-3-5-9-21(19)23(25)30-17-15-28-13-11-27-12-14-29-16-18-31-24(26)22-10-6-4-8-20(22)2/h3-10H,11-18H2,1-2H3. The molecule has 0 aliphatic carbocycles. The summed E-state index contributed by atoms with van der Waals surface area (Å²) in [6, 6.07) is 14.6. The molecule has 0 spiro atoms. The molecule has 0 radical (unpaired) electrons. The van der Waals surface area contributed by atoms with Gasteiger partial charge in [0.1, 0.15) is 13.2 Å². The molecular formula is C24H30O7. The van der Waals surface area contributed by atoms with E-state index in [9.17, 15) is 9.59 Å².